The van der Waals surface area contributed by atoms with Crippen molar-refractivity contribution in [2.75, 3.05) is 6.61 Å². The van der Waals surface area contributed by atoms with Crippen LogP contribution < -0.4 is 0 Å². The van der Waals surface area contributed by atoms with E-state index in [0.717, 1.165) is 11.1 Å². The van der Waals surface area contributed by atoms with Crippen LogP contribution in [0.3, 0.4) is 0 Å². The summed E-state index contributed by atoms with van der Waals surface area (Å²) in [5.74, 6) is 11.2. The summed E-state index contributed by atoms with van der Waals surface area (Å²) >= 11 is 0. The van der Waals surface area contributed by atoms with Crippen molar-refractivity contribution in [3.8, 4) is 23.7 Å². The van der Waals surface area contributed by atoms with Crippen LogP contribution in [0.15, 0.2) is 48.5 Å². The Kier molecular flexibility index (Phi) is 5.41. The molecule has 0 atom stereocenters. The van der Waals surface area contributed by atoms with Gasteiger partial charge in [0.2, 0.25) is 0 Å². The zero-order valence-electron chi connectivity index (χ0n) is 12.6. The Bertz CT molecular complexity index is 778. The Morgan fingerprint density at radius 3 is 2.36 bits per heavy atom. The Morgan fingerprint density at radius 2 is 1.68 bits per heavy atom. The molecule has 0 heterocycles. The minimum Gasteiger partial charge on any atom is -0.462 e. The van der Waals surface area contributed by atoms with Crippen LogP contribution >= 0.6 is 0 Å². The van der Waals surface area contributed by atoms with Crippen molar-refractivity contribution in [1.82, 2.24) is 0 Å². The second-order valence-corrected chi connectivity index (χ2v) is 4.67. The van der Waals surface area contributed by atoms with Crippen molar-refractivity contribution in [1.29, 1.82) is 0 Å². The molecule has 0 radical (unpaired) electrons. The number of esters is 1. The summed E-state index contributed by atoms with van der Waals surface area (Å²) < 4.78 is 4.96. The average molecular weight is 288 g/mol. The molecule has 22 heavy (non-hydrogen) atoms. The molecule has 0 bridgehead atoms. The number of benzene rings is 2. The molecule has 0 saturated carbocycles. The predicted molar refractivity (Wildman–Crippen MR) is 87.3 cm³/mol. The molecule has 2 nitrogen and oxygen atoms in total. The maximum atomic E-state index is 11.6. The van der Waals surface area contributed by atoms with E-state index in [-0.39, 0.29) is 5.97 Å². The molecule has 0 aliphatic heterocycles. The molecule has 0 fully saturated rings. The van der Waals surface area contributed by atoms with Gasteiger partial charge in [0.25, 0.3) is 0 Å². The van der Waals surface area contributed by atoms with Gasteiger partial charge < -0.3 is 4.74 Å². The van der Waals surface area contributed by atoms with E-state index in [1.807, 2.05) is 37.3 Å². The molecule has 2 heteroatoms. The summed E-state index contributed by atoms with van der Waals surface area (Å²) in [6.45, 7) is 4.17. The van der Waals surface area contributed by atoms with Gasteiger partial charge in [0.1, 0.15) is 0 Å². The third-order valence-electron chi connectivity index (χ3n) is 2.90. The summed E-state index contributed by atoms with van der Waals surface area (Å²) in [5, 5.41) is 0. The average Bonchev–Trinajstić information content (AvgIpc) is 2.54. The number of hydrogen-bond acceptors (Lipinski definition) is 2. The summed E-state index contributed by atoms with van der Waals surface area (Å²) in [7, 11) is 0. The molecular weight excluding hydrogens is 272 g/mol. The predicted octanol–water partition coefficient (Wildman–Crippen LogP) is 3.57. The van der Waals surface area contributed by atoms with Gasteiger partial charge in [-0.1, -0.05) is 35.6 Å². The van der Waals surface area contributed by atoms with Crippen LogP contribution in [0.1, 0.15) is 34.0 Å². The van der Waals surface area contributed by atoms with Gasteiger partial charge in [-0.3, -0.25) is 0 Å². The minimum atomic E-state index is -0.336. The number of carbonyl (C=O) groups is 1. The summed E-state index contributed by atoms with van der Waals surface area (Å²) in [4.78, 5) is 11.6. The van der Waals surface area contributed by atoms with Crippen LogP contribution in [0.25, 0.3) is 0 Å². The van der Waals surface area contributed by atoms with E-state index < -0.39 is 0 Å². The topological polar surface area (TPSA) is 26.3 Å². The van der Waals surface area contributed by atoms with Gasteiger partial charge in [0.05, 0.1) is 12.2 Å². The summed E-state index contributed by atoms with van der Waals surface area (Å²) in [5.41, 5.74) is 3.37. The maximum Gasteiger partial charge on any atom is 0.338 e. The number of carbonyl (C=O) groups excluding carboxylic acids is 1. The zero-order chi connectivity index (χ0) is 15.8. The first-order valence-electron chi connectivity index (χ1n) is 7.05. The molecule has 108 valence electrons. The highest BCUT2D eigenvalue weighted by Crippen LogP contribution is 2.06. The third kappa shape index (κ3) is 4.54. The van der Waals surface area contributed by atoms with Gasteiger partial charge in [0, 0.05) is 11.1 Å². The fraction of sp³-hybridized carbons (Fsp3) is 0.150. The number of rotatable bonds is 2. The van der Waals surface area contributed by atoms with Crippen LogP contribution in [-0.4, -0.2) is 12.6 Å². The summed E-state index contributed by atoms with van der Waals surface area (Å²) in [6.07, 6.45) is 0. The highest BCUT2D eigenvalue weighted by Gasteiger charge is 2.05. The molecule has 0 aliphatic carbocycles. The second kappa shape index (κ2) is 7.72. The van der Waals surface area contributed by atoms with Gasteiger partial charge in [-0.25, -0.2) is 4.79 Å². The van der Waals surface area contributed by atoms with Gasteiger partial charge in [-0.2, -0.15) is 0 Å². The molecule has 0 spiro atoms. The first-order chi connectivity index (χ1) is 10.7. The maximum absolute atomic E-state index is 11.6. The minimum absolute atomic E-state index is 0.336. The molecule has 0 amide bonds. The second-order valence-electron chi connectivity index (χ2n) is 4.67. The zero-order valence-corrected chi connectivity index (χ0v) is 12.6. The summed E-state index contributed by atoms with van der Waals surface area (Å²) in [6, 6.07) is 15.0. The SMILES string of the molecule is CCOC(=O)c1cccc(C#CC#Cc2ccc(C)cc2)c1. The Balaban J connectivity index is 2.11. The number of aryl methyl sites for hydroxylation is 1. The van der Waals surface area contributed by atoms with Crippen molar-refractivity contribution in [3.63, 3.8) is 0 Å². The van der Waals surface area contributed by atoms with Gasteiger partial charge in [-0.15, -0.1) is 0 Å². The van der Waals surface area contributed by atoms with E-state index in [4.69, 9.17) is 4.74 Å². The smallest absolute Gasteiger partial charge is 0.338 e. The first-order valence-corrected chi connectivity index (χ1v) is 7.05. The first kappa shape index (κ1) is 15.4. The van der Waals surface area contributed by atoms with E-state index in [9.17, 15) is 4.79 Å². The molecule has 2 aromatic rings. The molecule has 2 rings (SSSR count). The van der Waals surface area contributed by atoms with Crippen LogP contribution in [-0.2, 0) is 4.74 Å². The van der Waals surface area contributed by atoms with Crippen molar-refractivity contribution in [2.24, 2.45) is 0 Å². The molecular formula is C20H16O2. The highest BCUT2D eigenvalue weighted by atomic mass is 16.5. The molecule has 0 saturated heterocycles. The van der Waals surface area contributed by atoms with Crippen molar-refractivity contribution >= 4 is 5.97 Å². The van der Waals surface area contributed by atoms with Crippen LogP contribution in [0.5, 0.6) is 0 Å². The number of ether oxygens (including phenoxy) is 1. The lowest BCUT2D eigenvalue weighted by Gasteiger charge is -2.01. The fourth-order valence-corrected chi connectivity index (χ4v) is 1.78. The van der Waals surface area contributed by atoms with Crippen LogP contribution in [0.4, 0.5) is 0 Å². The largest absolute Gasteiger partial charge is 0.462 e. The molecule has 0 unspecified atom stereocenters. The van der Waals surface area contributed by atoms with E-state index in [0.29, 0.717) is 12.2 Å². The lowest BCUT2D eigenvalue weighted by molar-refractivity contribution is 0.0526. The lowest BCUT2D eigenvalue weighted by Crippen LogP contribution is -2.04. The molecule has 0 N–H and O–H groups in total. The van der Waals surface area contributed by atoms with Crippen molar-refractivity contribution in [2.45, 2.75) is 13.8 Å². The standard InChI is InChI=1S/C20H16O2/c1-3-22-20(21)19-10-6-9-18(15-19)8-5-4-7-17-13-11-16(2)12-14-17/h6,9-15H,3H2,1-2H3. The van der Waals surface area contributed by atoms with E-state index in [1.165, 1.54) is 5.56 Å². The highest BCUT2D eigenvalue weighted by molar-refractivity contribution is 5.89. The van der Waals surface area contributed by atoms with Crippen LogP contribution in [0.2, 0.25) is 0 Å². The Morgan fingerprint density at radius 1 is 1.00 bits per heavy atom. The lowest BCUT2D eigenvalue weighted by atomic mass is 10.1. The van der Waals surface area contributed by atoms with E-state index in [2.05, 4.69) is 23.7 Å². The normalized spacial score (nSPS) is 9.00. The monoisotopic (exact) mass is 288 g/mol. The Hall–Kier alpha value is -2.97. The molecule has 0 aromatic heterocycles. The van der Waals surface area contributed by atoms with E-state index in [1.54, 1.807) is 25.1 Å². The van der Waals surface area contributed by atoms with Crippen molar-refractivity contribution < 1.29 is 9.53 Å². The van der Waals surface area contributed by atoms with E-state index >= 15 is 0 Å². The molecule has 0 aliphatic rings. The quantitative estimate of drug-likeness (QED) is 0.624. The third-order valence-corrected chi connectivity index (χ3v) is 2.90. The van der Waals surface area contributed by atoms with Gasteiger partial charge >= 0.3 is 5.97 Å². The Labute approximate surface area is 131 Å². The molecule has 2 aromatic carbocycles. The van der Waals surface area contributed by atoms with Gasteiger partial charge in [-0.05, 0) is 56.0 Å². The van der Waals surface area contributed by atoms with Gasteiger partial charge in [0.15, 0.2) is 0 Å². The van der Waals surface area contributed by atoms with Crippen molar-refractivity contribution in [3.05, 3.63) is 70.8 Å². The fourth-order valence-electron chi connectivity index (χ4n) is 1.78. The van der Waals surface area contributed by atoms with Crippen LogP contribution in [0, 0.1) is 30.6 Å². The number of hydrogen-bond donors (Lipinski definition) is 0.